The van der Waals surface area contributed by atoms with Crippen molar-refractivity contribution >= 4 is 20.2 Å². The summed E-state index contributed by atoms with van der Waals surface area (Å²) < 4.78 is 57.8. The monoisotopic (exact) mass is 354 g/mol. The summed E-state index contributed by atoms with van der Waals surface area (Å²) in [6.07, 6.45) is 8.37. The Morgan fingerprint density at radius 1 is 0.591 bits per heavy atom. The highest BCUT2D eigenvalue weighted by molar-refractivity contribution is 7.90. The summed E-state index contributed by atoms with van der Waals surface area (Å²) in [7, 11) is -7.63. The van der Waals surface area contributed by atoms with Crippen LogP contribution in [0.25, 0.3) is 0 Å². The van der Waals surface area contributed by atoms with Gasteiger partial charge < -0.3 is 0 Å². The summed E-state index contributed by atoms with van der Waals surface area (Å²) in [5.41, 5.74) is 0. The second-order valence-corrected chi connectivity index (χ2v) is 9.67. The van der Waals surface area contributed by atoms with Gasteiger partial charge in [0, 0.05) is 0 Å². The highest BCUT2D eigenvalue weighted by atomic mass is 32.2. The minimum atomic E-state index is -3.81. The van der Waals surface area contributed by atoms with Crippen molar-refractivity contribution in [1.82, 2.24) is 0 Å². The molecular weight excluding hydrogens is 328 g/mol. The predicted octanol–water partition coefficient (Wildman–Crippen LogP) is 2.34. The van der Waals surface area contributed by atoms with Gasteiger partial charge in [0.15, 0.2) is 0 Å². The van der Waals surface area contributed by atoms with Crippen molar-refractivity contribution in [3.63, 3.8) is 0 Å². The third kappa shape index (κ3) is 6.52. The predicted molar refractivity (Wildman–Crippen MR) is 83.5 cm³/mol. The van der Waals surface area contributed by atoms with Crippen LogP contribution < -0.4 is 0 Å². The topological polar surface area (TPSA) is 86.7 Å². The molecule has 0 aromatic heterocycles. The van der Waals surface area contributed by atoms with Crippen LogP contribution in [0.1, 0.15) is 64.2 Å². The smallest absolute Gasteiger partial charge is 0.267 e. The maximum Gasteiger partial charge on any atom is 0.268 e. The largest absolute Gasteiger partial charge is 0.268 e. The van der Waals surface area contributed by atoms with Gasteiger partial charge in [0.25, 0.3) is 20.2 Å². The van der Waals surface area contributed by atoms with Crippen molar-refractivity contribution < 1.29 is 25.2 Å². The molecule has 0 aliphatic heterocycles. The third-order valence-electron chi connectivity index (χ3n) is 4.25. The maximum atomic E-state index is 11.9. The first-order chi connectivity index (χ1) is 10.4. The molecule has 6 nitrogen and oxygen atoms in total. The number of hydrogen-bond donors (Lipinski definition) is 0. The van der Waals surface area contributed by atoms with Gasteiger partial charge in [-0.05, 0) is 25.7 Å². The Kier molecular flexibility index (Phi) is 6.67. The van der Waals surface area contributed by atoms with E-state index in [2.05, 4.69) is 0 Å². The highest BCUT2D eigenvalue weighted by Gasteiger charge is 2.26. The van der Waals surface area contributed by atoms with Crippen LogP contribution in [0.15, 0.2) is 0 Å². The van der Waals surface area contributed by atoms with Crippen LogP contribution in [0.2, 0.25) is 0 Å². The van der Waals surface area contributed by atoms with Gasteiger partial charge in [-0.2, -0.15) is 16.8 Å². The van der Waals surface area contributed by atoms with E-state index in [1.807, 2.05) is 0 Å². The molecule has 0 aromatic carbocycles. The molecule has 2 rings (SSSR count). The quantitative estimate of drug-likeness (QED) is 0.652. The Balaban J connectivity index is 1.78. The lowest BCUT2D eigenvalue weighted by atomic mass is 9.98. The molecule has 2 fully saturated rings. The lowest BCUT2D eigenvalue weighted by Crippen LogP contribution is -2.28. The Hall–Kier alpha value is -0.180. The Morgan fingerprint density at radius 3 is 1.23 bits per heavy atom. The minimum absolute atomic E-state index is 0.291. The lowest BCUT2D eigenvalue weighted by molar-refractivity contribution is 0.159. The van der Waals surface area contributed by atoms with Gasteiger partial charge in [0.05, 0.1) is 23.7 Å². The zero-order chi connectivity index (χ0) is 16.1. The van der Waals surface area contributed by atoms with E-state index in [4.69, 9.17) is 8.37 Å². The van der Waals surface area contributed by atoms with Gasteiger partial charge in [0.2, 0.25) is 0 Å². The van der Waals surface area contributed by atoms with E-state index in [1.165, 1.54) is 0 Å². The van der Waals surface area contributed by atoms with E-state index in [0.29, 0.717) is 0 Å². The SMILES string of the molecule is O=S(=O)(CCS(=O)(=O)OC1CCCCC1)OC1CCCCC1. The normalized spacial score (nSPS) is 22.7. The molecule has 8 heteroatoms. The van der Waals surface area contributed by atoms with Crippen LogP contribution in [0.4, 0.5) is 0 Å². The molecule has 0 spiro atoms. The fraction of sp³-hybridized carbons (Fsp3) is 1.00. The zero-order valence-corrected chi connectivity index (χ0v) is 14.5. The third-order valence-corrected chi connectivity index (χ3v) is 7.05. The van der Waals surface area contributed by atoms with Gasteiger partial charge in [0.1, 0.15) is 0 Å². The van der Waals surface area contributed by atoms with Crippen LogP contribution in [-0.4, -0.2) is 40.5 Å². The van der Waals surface area contributed by atoms with Crippen LogP contribution in [-0.2, 0) is 28.6 Å². The Bertz CT molecular complexity index is 478. The van der Waals surface area contributed by atoms with Crippen LogP contribution >= 0.6 is 0 Å². The second-order valence-electron chi connectivity index (χ2n) is 6.24. The van der Waals surface area contributed by atoms with Crippen LogP contribution in [0.3, 0.4) is 0 Å². The highest BCUT2D eigenvalue weighted by Crippen LogP contribution is 2.23. The van der Waals surface area contributed by atoms with E-state index < -0.39 is 31.7 Å². The average Bonchev–Trinajstić information content (AvgIpc) is 2.47. The molecule has 0 aromatic rings. The average molecular weight is 354 g/mol. The molecule has 0 heterocycles. The molecule has 0 saturated heterocycles. The van der Waals surface area contributed by atoms with Gasteiger partial charge in [-0.25, -0.2) is 0 Å². The molecule has 22 heavy (non-hydrogen) atoms. The van der Waals surface area contributed by atoms with Crippen molar-refractivity contribution in [2.75, 3.05) is 11.5 Å². The van der Waals surface area contributed by atoms with Gasteiger partial charge in [-0.3, -0.25) is 8.37 Å². The molecule has 0 radical (unpaired) electrons. The van der Waals surface area contributed by atoms with E-state index in [1.54, 1.807) is 0 Å². The van der Waals surface area contributed by atoms with Crippen LogP contribution in [0, 0.1) is 0 Å². The molecule has 0 N–H and O–H groups in total. The molecule has 0 bridgehead atoms. The molecule has 0 amide bonds. The summed E-state index contributed by atoms with van der Waals surface area (Å²) in [6.45, 7) is 0. The summed E-state index contributed by atoms with van der Waals surface area (Å²) in [4.78, 5) is 0. The molecule has 0 atom stereocenters. The van der Waals surface area contributed by atoms with Crippen molar-refractivity contribution in [3.8, 4) is 0 Å². The molecule has 2 aliphatic rings. The molecule has 2 aliphatic carbocycles. The van der Waals surface area contributed by atoms with E-state index >= 15 is 0 Å². The summed E-state index contributed by atoms with van der Waals surface area (Å²) >= 11 is 0. The van der Waals surface area contributed by atoms with E-state index in [-0.39, 0.29) is 12.2 Å². The zero-order valence-electron chi connectivity index (χ0n) is 12.9. The van der Waals surface area contributed by atoms with Crippen molar-refractivity contribution in [2.45, 2.75) is 76.4 Å². The maximum absolute atomic E-state index is 11.9. The van der Waals surface area contributed by atoms with Crippen molar-refractivity contribution in [1.29, 1.82) is 0 Å². The van der Waals surface area contributed by atoms with Crippen molar-refractivity contribution in [3.05, 3.63) is 0 Å². The second kappa shape index (κ2) is 8.08. The standard InChI is InChI=1S/C14H26O6S2/c15-21(16,19-13-7-3-1-4-8-13)11-12-22(17,18)20-14-9-5-2-6-10-14/h13-14H,1-12H2. The van der Waals surface area contributed by atoms with Gasteiger partial charge in [-0.1, -0.05) is 38.5 Å². The molecule has 130 valence electrons. The fourth-order valence-corrected chi connectivity index (χ4v) is 6.08. The van der Waals surface area contributed by atoms with Crippen LogP contribution in [0.5, 0.6) is 0 Å². The fourth-order valence-electron chi connectivity index (χ4n) is 3.04. The van der Waals surface area contributed by atoms with E-state index in [0.717, 1.165) is 64.2 Å². The minimum Gasteiger partial charge on any atom is -0.267 e. The van der Waals surface area contributed by atoms with E-state index in [9.17, 15) is 16.8 Å². The first-order valence-electron chi connectivity index (χ1n) is 8.18. The summed E-state index contributed by atoms with van der Waals surface area (Å²) in [5, 5.41) is 0. The molecule has 2 saturated carbocycles. The van der Waals surface area contributed by atoms with Gasteiger partial charge in [-0.15, -0.1) is 0 Å². The number of hydrogen-bond acceptors (Lipinski definition) is 6. The molecule has 0 unspecified atom stereocenters. The first kappa shape index (κ1) is 18.2. The van der Waals surface area contributed by atoms with Gasteiger partial charge >= 0.3 is 0 Å². The lowest BCUT2D eigenvalue weighted by Gasteiger charge is -2.22. The summed E-state index contributed by atoms with van der Waals surface area (Å²) in [6, 6.07) is 0. The Morgan fingerprint density at radius 2 is 0.909 bits per heavy atom. The Labute approximate surface area is 133 Å². The van der Waals surface area contributed by atoms with Crippen molar-refractivity contribution in [2.24, 2.45) is 0 Å². The number of rotatable bonds is 7. The summed E-state index contributed by atoms with van der Waals surface area (Å²) in [5.74, 6) is -1.06. The first-order valence-corrected chi connectivity index (χ1v) is 11.3. The molecular formula is C14H26O6S2.